The van der Waals surface area contributed by atoms with E-state index in [4.69, 9.17) is 0 Å². The van der Waals surface area contributed by atoms with Gasteiger partial charge in [0.15, 0.2) is 0 Å². The van der Waals surface area contributed by atoms with Gasteiger partial charge in [-0.2, -0.15) is 0 Å². The van der Waals surface area contributed by atoms with Crippen LogP contribution in [0.15, 0.2) is 60.2 Å². The van der Waals surface area contributed by atoms with Crippen molar-refractivity contribution in [1.29, 1.82) is 0 Å². The number of piperidine rings is 1. The molecule has 0 spiro atoms. The first-order chi connectivity index (χ1) is 13.7. The molecule has 2 aliphatic rings. The van der Waals surface area contributed by atoms with E-state index in [-0.39, 0.29) is 23.3 Å². The summed E-state index contributed by atoms with van der Waals surface area (Å²) in [6.07, 6.45) is 9.28. The summed E-state index contributed by atoms with van der Waals surface area (Å²) in [5.41, 5.74) is 3.52. The number of pyridine rings is 2. The molecule has 2 aliphatic heterocycles. The summed E-state index contributed by atoms with van der Waals surface area (Å²) >= 11 is 0. The van der Waals surface area contributed by atoms with Crippen LogP contribution in [0.2, 0.25) is 0 Å². The molecule has 28 heavy (non-hydrogen) atoms. The lowest BCUT2D eigenvalue weighted by Crippen LogP contribution is -2.49. The third-order valence-electron chi connectivity index (χ3n) is 5.68. The Morgan fingerprint density at radius 2 is 1.75 bits per heavy atom. The number of hydrogen-bond acceptors (Lipinski definition) is 5. The fourth-order valence-corrected chi connectivity index (χ4v) is 4.54. The van der Waals surface area contributed by atoms with Crippen molar-refractivity contribution in [2.24, 2.45) is 5.92 Å². The number of aromatic nitrogens is 4. The van der Waals surface area contributed by atoms with Gasteiger partial charge in [0, 0.05) is 78.8 Å². The van der Waals surface area contributed by atoms with Gasteiger partial charge in [-0.05, 0) is 30.5 Å². The zero-order valence-corrected chi connectivity index (χ0v) is 15.2. The van der Waals surface area contributed by atoms with E-state index in [0.29, 0.717) is 25.2 Å². The van der Waals surface area contributed by atoms with E-state index in [1.165, 1.54) is 6.33 Å². The van der Waals surface area contributed by atoms with E-state index >= 15 is 0 Å². The molecule has 1 saturated heterocycles. The number of amides is 1. The van der Waals surface area contributed by atoms with Crippen molar-refractivity contribution in [2.75, 3.05) is 13.1 Å². The highest BCUT2D eigenvalue weighted by molar-refractivity contribution is 5.94. The molecule has 3 aromatic heterocycles. The van der Waals surface area contributed by atoms with Crippen molar-refractivity contribution in [3.05, 3.63) is 77.0 Å². The maximum absolute atomic E-state index is 13.0. The van der Waals surface area contributed by atoms with Gasteiger partial charge in [0.2, 0.25) is 0 Å². The molecule has 5 rings (SSSR count). The molecule has 1 fully saturated rings. The lowest BCUT2D eigenvalue weighted by atomic mass is 9.80. The van der Waals surface area contributed by atoms with Crippen LogP contribution in [0.4, 0.5) is 0 Å². The summed E-state index contributed by atoms with van der Waals surface area (Å²) in [5, 5.41) is 0. The maximum Gasteiger partial charge on any atom is 0.253 e. The molecule has 7 nitrogen and oxygen atoms in total. The number of hydrogen-bond donors (Lipinski definition) is 0. The Kier molecular flexibility index (Phi) is 4.00. The predicted molar refractivity (Wildman–Crippen MR) is 103 cm³/mol. The summed E-state index contributed by atoms with van der Waals surface area (Å²) in [6, 6.07) is 6.97. The first kappa shape index (κ1) is 16.8. The van der Waals surface area contributed by atoms with Crippen molar-refractivity contribution < 1.29 is 4.79 Å². The third-order valence-corrected chi connectivity index (χ3v) is 5.68. The maximum atomic E-state index is 13.0. The molecule has 0 aliphatic carbocycles. The molecular formula is C21H19N5O2. The largest absolute Gasteiger partial charge is 0.338 e. The standard InChI is InChI=1S/C21H19N5O2/c27-19-2-1-18(17-8-23-13-24-9-17)20-16-7-14(11-26(19)20)10-25(12-16)21(28)15-3-5-22-6-4-15/h1-6,8-9,13-14,16H,7,10-12H2/t14-,16-/m0/s1. The Balaban J connectivity index is 1.55. The van der Waals surface area contributed by atoms with E-state index < -0.39 is 0 Å². The molecule has 2 bridgehead atoms. The van der Waals surface area contributed by atoms with Crippen LogP contribution in [0.5, 0.6) is 0 Å². The molecule has 0 unspecified atom stereocenters. The molecule has 7 heteroatoms. The highest BCUT2D eigenvalue weighted by Gasteiger charge is 2.38. The Labute approximate surface area is 161 Å². The third kappa shape index (κ3) is 2.79. The zero-order valence-electron chi connectivity index (χ0n) is 15.2. The van der Waals surface area contributed by atoms with Gasteiger partial charge >= 0.3 is 0 Å². The highest BCUT2D eigenvalue weighted by Crippen LogP contribution is 2.39. The van der Waals surface area contributed by atoms with Crippen LogP contribution in [-0.4, -0.2) is 43.4 Å². The minimum atomic E-state index is 0.0132. The molecule has 0 aromatic carbocycles. The van der Waals surface area contributed by atoms with E-state index in [1.807, 2.05) is 15.5 Å². The number of nitrogens with zero attached hydrogens (tertiary/aromatic N) is 5. The van der Waals surface area contributed by atoms with Crippen LogP contribution >= 0.6 is 0 Å². The van der Waals surface area contributed by atoms with E-state index in [2.05, 4.69) is 15.0 Å². The van der Waals surface area contributed by atoms with Crippen molar-refractivity contribution >= 4 is 5.91 Å². The smallest absolute Gasteiger partial charge is 0.253 e. The second-order valence-corrected chi connectivity index (χ2v) is 7.45. The molecule has 0 N–H and O–H groups in total. The monoisotopic (exact) mass is 373 g/mol. The summed E-state index contributed by atoms with van der Waals surface area (Å²) in [4.78, 5) is 39.7. The number of carbonyl (C=O) groups is 1. The molecule has 140 valence electrons. The minimum Gasteiger partial charge on any atom is -0.338 e. The number of carbonyl (C=O) groups excluding carboxylic acids is 1. The zero-order chi connectivity index (χ0) is 19.1. The number of likely N-dealkylation sites (tertiary alicyclic amines) is 1. The van der Waals surface area contributed by atoms with Gasteiger partial charge in [-0.15, -0.1) is 0 Å². The fourth-order valence-electron chi connectivity index (χ4n) is 4.54. The van der Waals surface area contributed by atoms with Gasteiger partial charge < -0.3 is 9.47 Å². The van der Waals surface area contributed by atoms with Gasteiger partial charge in [0.1, 0.15) is 6.33 Å². The van der Waals surface area contributed by atoms with E-state index in [1.54, 1.807) is 43.0 Å². The second-order valence-electron chi connectivity index (χ2n) is 7.45. The quantitative estimate of drug-likeness (QED) is 0.686. The van der Waals surface area contributed by atoms with Crippen LogP contribution in [-0.2, 0) is 6.54 Å². The molecular weight excluding hydrogens is 354 g/mol. The van der Waals surface area contributed by atoms with E-state index in [0.717, 1.165) is 23.2 Å². The second kappa shape index (κ2) is 6.67. The van der Waals surface area contributed by atoms with Gasteiger partial charge in [0.05, 0.1) is 0 Å². The van der Waals surface area contributed by atoms with Gasteiger partial charge in [-0.25, -0.2) is 9.97 Å². The Hall–Kier alpha value is -3.35. The Bertz CT molecular complexity index is 1080. The first-order valence-corrected chi connectivity index (χ1v) is 9.39. The van der Waals surface area contributed by atoms with Crippen molar-refractivity contribution in [3.8, 4) is 11.1 Å². The normalized spacial score (nSPS) is 20.5. The van der Waals surface area contributed by atoms with Crippen LogP contribution in [0.3, 0.4) is 0 Å². The molecule has 1 amide bonds. The lowest BCUT2D eigenvalue weighted by molar-refractivity contribution is 0.0595. The average molecular weight is 373 g/mol. The summed E-state index contributed by atoms with van der Waals surface area (Å²) in [5.74, 6) is 0.410. The molecule has 5 heterocycles. The molecule has 2 atom stereocenters. The van der Waals surface area contributed by atoms with Crippen LogP contribution in [0.1, 0.15) is 28.4 Å². The van der Waals surface area contributed by atoms with Crippen LogP contribution < -0.4 is 5.56 Å². The molecule has 0 radical (unpaired) electrons. The topological polar surface area (TPSA) is 81.0 Å². The van der Waals surface area contributed by atoms with Crippen LogP contribution in [0.25, 0.3) is 11.1 Å². The lowest BCUT2D eigenvalue weighted by Gasteiger charge is -2.43. The Morgan fingerprint density at radius 1 is 0.964 bits per heavy atom. The number of fused-ring (bicyclic) bond motifs is 4. The van der Waals surface area contributed by atoms with Gasteiger partial charge in [-0.1, -0.05) is 0 Å². The van der Waals surface area contributed by atoms with E-state index in [9.17, 15) is 9.59 Å². The van der Waals surface area contributed by atoms with Crippen LogP contribution in [0, 0.1) is 5.92 Å². The average Bonchev–Trinajstić information content (AvgIpc) is 2.75. The predicted octanol–water partition coefficient (Wildman–Crippen LogP) is 1.96. The van der Waals surface area contributed by atoms with Gasteiger partial charge in [0.25, 0.3) is 11.5 Å². The molecule has 0 saturated carbocycles. The summed E-state index contributed by atoms with van der Waals surface area (Å²) in [7, 11) is 0. The first-order valence-electron chi connectivity index (χ1n) is 9.39. The Morgan fingerprint density at radius 3 is 2.54 bits per heavy atom. The van der Waals surface area contributed by atoms with Crippen molar-refractivity contribution in [2.45, 2.75) is 18.9 Å². The summed E-state index contributed by atoms with van der Waals surface area (Å²) < 4.78 is 1.88. The summed E-state index contributed by atoms with van der Waals surface area (Å²) in [6.45, 7) is 1.90. The van der Waals surface area contributed by atoms with Gasteiger partial charge in [-0.3, -0.25) is 14.6 Å². The van der Waals surface area contributed by atoms with Crippen molar-refractivity contribution in [3.63, 3.8) is 0 Å². The highest BCUT2D eigenvalue weighted by atomic mass is 16.2. The SMILES string of the molecule is O=C(c1ccncc1)N1C[C@@H]2C[C@@H](C1)c1c(-c3cncnc3)ccc(=O)n1C2. The fraction of sp³-hybridized carbons (Fsp3) is 0.286. The minimum absolute atomic E-state index is 0.0132. The van der Waals surface area contributed by atoms with Crippen molar-refractivity contribution in [1.82, 2.24) is 24.4 Å². The number of rotatable bonds is 2. The molecule has 3 aromatic rings.